The molecule has 2 N–H and O–H groups in total. The van der Waals surface area contributed by atoms with Gasteiger partial charge in [0, 0.05) is 23.6 Å². The number of carbonyl (C=O) groups excluding carboxylic acids is 1. The van der Waals surface area contributed by atoms with Crippen molar-refractivity contribution in [1.29, 1.82) is 0 Å². The van der Waals surface area contributed by atoms with Crippen molar-refractivity contribution in [3.8, 4) is 5.75 Å². The van der Waals surface area contributed by atoms with Crippen LogP contribution in [0.15, 0.2) is 51.7 Å². The van der Waals surface area contributed by atoms with Gasteiger partial charge in [-0.05, 0) is 31.0 Å². The second-order valence-electron chi connectivity index (χ2n) is 6.44. The monoisotopic (exact) mass is 401 g/mol. The van der Waals surface area contributed by atoms with E-state index in [-0.39, 0.29) is 18.9 Å². The Labute approximate surface area is 166 Å². The van der Waals surface area contributed by atoms with Crippen LogP contribution in [0, 0.1) is 13.8 Å². The molecule has 0 saturated heterocycles. The summed E-state index contributed by atoms with van der Waals surface area (Å²) in [6.45, 7) is 3.27. The Balaban J connectivity index is 1.64. The molecule has 0 aliphatic heterocycles. The quantitative estimate of drug-likeness (QED) is 0.619. The zero-order valence-electron chi connectivity index (χ0n) is 15.5. The number of ether oxygens (including phenoxy) is 1. The summed E-state index contributed by atoms with van der Waals surface area (Å²) in [5.41, 5.74) is 1.93. The molecular weight excluding hydrogens is 382 g/mol. The third-order valence-electron chi connectivity index (χ3n) is 4.55. The summed E-state index contributed by atoms with van der Waals surface area (Å²) in [5, 5.41) is 13.7. The Morgan fingerprint density at radius 2 is 1.93 bits per heavy atom. The number of nitrogens with one attached hydrogen (secondary N) is 1. The maximum Gasteiger partial charge on any atom is 0.339 e. The first-order valence-corrected chi connectivity index (χ1v) is 9.10. The van der Waals surface area contributed by atoms with Gasteiger partial charge < -0.3 is 19.6 Å². The molecule has 1 atom stereocenters. The van der Waals surface area contributed by atoms with E-state index in [2.05, 4.69) is 5.32 Å². The lowest BCUT2D eigenvalue weighted by Gasteiger charge is -2.13. The van der Waals surface area contributed by atoms with Gasteiger partial charge >= 0.3 is 5.63 Å². The molecule has 146 valence electrons. The standard InChI is InChI=1S/C21H20ClNO5/c1-12-13(2)21(26)28-18-9-19(16(22)8-15(12)18)27-11-20(25)23-10-17(24)14-6-4-3-5-7-14/h3-9,17,24H,10-11H2,1-2H3,(H,23,25)/t17-/m1/s1. The molecule has 0 radical (unpaired) electrons. The number of fused-ring (bicyclic) bond motifs is 1. The number of aliphatic hydroxyl groups excluding tert-OH is 1. The summed E-state index contributed by atoms with van der Waals surface area (Å²) in [6, 6.07) is 12.2. The number of hydrogen-bond donors (Lipinski definition) is 2. The lowest BCUT2D eigenvalue weighted by atomic mass is 10.1. The second kappa shape index (κ2) is 8.46. The van der Waals surface area contributed by atoms with Crippen LogP contribution in [0.4, 0.5) is 0 Å². The highest BCUT2D eigenvalue weighted by molar-refractivity contribution is 6.32. The van der Waals surface area contributed by atoms with Gasteiger partial charge in [-0.1, -0.05) is 41.9 Å². The van der Waals surface area contributed by atoms with Crippen LogP contribution >= 0.6 is 11.6 Å². The molecule has 0 aliphatic carbocycles. The van der Waals surface area contributed by atoms with Crippen LogP contribution in [0.25, 0.3) is 11.0 Å². The van der Waals surface area contributed by atoms with Crippen molar-refractivity contribution in [3.63, 3.8) is 0 Å². The minimum absolute atomic E-state index is 0.0605. The van der Waals surface area contributed by atoms with E-state index >= 15 is 0 Å². The smallest absolute Gasteiger partial charge is 0.339 e. The van der Waals surface area contributed by atoms with Crippen molar-refractivity contribution in [3.05, 3.63) is 74.6 Å². The van der Waals surface area contributed by atoms with E-state index in [1.807, 2.05) is 25.1 Å². The first-order valence-electron chi connectivity index (χ1n) is 8.73. The molecule has 6 nitrogen and oxygen atoms in total. The molecule has 3 rings (SSSR count). The molecule has 0 spiro atoms. The third-order valence-corrected chi connectivity index (χ3v) is 4.84. The number of aryl methyl sites for hydroxylation is 1. The summed E-state index contributed by atoms with van der Waals surface area (Å²) < 4.78 is 10.7. The SMILES string of the molecule is Cc1c(C)c2cc(Cl)c(OCC(=O)NC[C@@H](O)c3ccccc3)cc2oc1=O. The number of carbonyl (C=O) groups is 1. The van der Waals surface area contributed by atoms with E-state index in [4.69, 9.17) is 20.8 Å². The summed E-state index contributed by atoms with van der Waals surface area (Å²) in [4.78, 5) is 23.9. The number of halogens is 1. The fourth-order valence-electron chi connectivity index (χ4n) is 2.75. The van der Waals surface area contributed by atoms with Gasteiger partial charge in [0.1, 0.15) is 11.3 Å². The minimum atomic E-state index is -0.810. The zero-order chi connectivity index (χ0) is 20.3. The van der Waals surface area contributed by atoms with Crippen molar-refractivity contribution in [2.75, 3.05) is 13.2 Å². The molecule has 2 aromatic carbocycles. The molecule has 0 fully saturated rings. The van der Waals surface area contributed by atoms with E-state index in [1.165, 1.54) is 6.07 Å². The molecule has 0 unspecified atom stereocenters. The molecular formula is C21H20ClNO5. The first-order chi connectivity index (χ1) is 13.4. The topological polar surface area (TPSA) is 88.8 Å². The lowest BCUT2D eigenvalue weighted by Crippen LogP contribution is -2.32. The maximum atomic E-state index is 12.0. The van der Waals surface area contributed by atoms with Gasteiger partial charge in [0.15, 0.2) is 6.61 Å². The van der Waals surface area contributed by atoms with Crippen molar-refractivity contribution < 1.29 is 19.1 Å². The van der Waals surface area contributed by atoms with Crippen LogP contribution in [0.2, 0.25) is 5.02 Å². The highest BCUT2D eigenvalue weighted by Gasteiger charge is 2.14. The predicted molar refractivity (Wildman–Crippen MR) is 107 cm³/mol. The van der Waals surface area contributed by atoms with Gasteiger partial charge in [0.25, 0.3) is 5.91 Å². The average molecular weight is 402 g/mol. The number of amides is 1. The van der Waals surface area contributed by atoms with Gasteiger partial charge in [-0.25, -0.2) is 4.79 Å². The highest BCUT2D eigenvalue weighted by Crippen LogP contribution is 2.31. The van der Waals surface area contributed by atoms with E-state index in [0.29, 0.717) is 27.1 Å². The predicted octanol–water partition coefficient (Wildman–Crippen LogP) is 3.29. The number of benzene rings is 2. The van der Waals surface area contributed by atoms with Crippen molar-refractivity contribution in [2.24, 2.45) is 0 Å². The lowest BCUT2D eigenvalue weighted by molar-refractivity contribution is -0.123. The van der Waals surface area contributed by atoms with E-state index in [1.54, 1.807) is 25.1 Å². The van der Waals surface area contributed by atoms with Crippen LogP contribution in [0.3, 0.4) is 0 Å². The number of hydrogen-bond acceptors (Lipinski definition) is 5. The van der Waals surface area contributed by atoms with Gasteiger partial charge in [0.05, 0.1) is 11.1 Å². The number of rotatable bonds is 6. The maximum absolute atomic E-state index is 12.0. The van der Waals surface area contributed by atoms with Crippen LogP contribution in [0.5, 0.6) is 5.75 Å². The molecule has 0 saturated carbocycles. The van der Waals surface area contributed by atoms with E-state index in [0.717, 1.165) is 5.56 Å². The Morgan fingerprint density at radius 1 is 1.21 bits per heavy atom. The molecule has 7 heteroatoms. The molecule has 3 aromatic rings. The molecule has 1 heterocycles. The second-order valence-corrected chi connectivity index (χ2v) is 6.84. The number of aliphatic hydroxyl groups is 1. The van der Waals surface area contributed by atoms with E-state index < -0.39 is 17.6 Å². The fraction of sp³-hybridized carbons (Fsp3) is 0.238. The highest BCUT2D eigenvalue weighted by atomic mass is 35.5. The summed E-state index contributed by atoms with van der Waals surface area (Å²) in [6.07, 6.45) is -0.810. The molecule has 28 heavy (non-hydrogen) atoms. The van der Waals surface area contributed by atoms with E-state index in [9.17, 15) is 14.7 Å². The third kappa shape index (κ3) is 4.35. The van der Waals surface area contributed by atoms with Crippen LogP contribution in [0.1, 0.15) is 22.8 Å². The minimum Gasteiger partial charge on any atom is -0.482 e. The Hall–Kier alpha value is -2.83. The zero-order valence-corrected chi connectivity index (χ0v) is 16.2. The normalized spacial score (nSPS) is 12.0. The van der Waals surface area contributed by atoms with Gasteiger partial charge in [-0.3, -0.25) is 4.79 Å². The first kappa shape index (κ1) is 19.9. The largest absolute Gasteiger partial charge is 0.482 e. The van der Waals surface area contributed by atoms with Crippen LogP contribution in [-0.4, -0.2) is 24.2 Å². The van der Waals surface area contributed by atoms with Crippen LogP contribution < -0.4 is 15.7 Å². The van der Waals surface area contributed by atoms with Crippen molar-refractivity contribution >= 4 is 28.5 Å². The summed E-state index contributed by atoms with van der Waals surface area (Å²) >= 11 is 6.24. The molecule has 1 amide bonds. The molecule has 1 aromatic heterocycles. The summed E-state index contributed by atoms with van der Waals surface area (Å²) in [7, 11) is 0. The molecule has 0 aliphatic rings. The Bertz CT molecular complexity index is 1060. The average Bonchev–Trinajstić information content (AvgIpc) is 2.70. The Kier molecular flexibility index (Phi) is 6.02. The van der Waals surface area contributed by atoms with Gasteiger partial charge in [-0.2, -0.15) is 0 Å². The van der Waals surface area contributed by atoms with Crippen molar-refractivity contribution in [1.82, 2.24) is 5.32 Å². The van der Waals surface area contributed by atoms with Crippen LogP contribution in [-0.2, 0) is 4.79 Å². The summed E-state index contributed by atoms with van der Waals surface area (Å²) in [5.74, 6) is -0.174. The van der Waals surface area contributed by atoms with Gasteiger partial charge in [-0.15, -0.1) is 0 Å². The van der Waals surface area contributed by atoms with Crippen molar-refractivity contribution in [2.45, 2.75) is 20.0 Å². The fourth-order valence-corrected chi connectivity index (χ4v) is 2.97. The van der Waals surface area contributed by atoms with Gasteiger partial charge in [0.2, 0.25) is 0 Å². The Morgan fingerprint density at radius 3 is 2.64 bits per heavy atom. The molecule has 0 bridgehead atoms.